The SMILES string of the molecule is Cc1ccc(COc2ccc(Br)cc2C=Nn2c(C(C)(C)C)nc3ccc(Br)cc3c2=O)cc1. The molecule has 0 N–H and O–H groups in total. The Bertz CT molecular complexity index is 1440. The molecular formula is C27H25Br2N3O2. The van der Waals surface area contributed by atoms with E-state index in [0.29, 0.717) is 29.1 Å². The summed E-state index contributed by atoms with van der Waals surface area (Å²) in [6.07, 6.45) is 1.65. The van der Waals surface area contributed by atoms with Gasteiger partial charge in [0.2, 0.25) is 0 Å². The summed E-state index contributed by atoms with van der Waals surface area (Å²) in [7, 11) is 0. The molecule has 0 aliphatic heterocycles. The van der Waals surface area contributed by atoms with Gasteiger partial charge in [0.15, 0.2) is 0 Å². The number of benzene rings is 3. The molecule has 0 radical (unpaired) electrons. The highest BCUT2D eigenvalue weighted by molar-refractivity contribution is 9.10. The van der Waals surface area contributed by atoms with E-state index in [1.807, 2.05) is 51.1 Å². The van der Waals surface area contributed by atoms with Crippen LogP contribution in [0, 0.1) is 6.92 Å². The Labute approximate surface area is 215 Å². The van der Waals surface area contributed by atoms with Crippen LogP contribution in [0.25, 0.3) is 10.9 Å². The Kier molecular flexibility index (Phi) is 7.05. The number of aryl methyl sites for hydroxylation is 1. The Balaban J connectivity index is 1.75. The van der Waals surface area contributed by atoms with Gasteiger partial charge in [0.25, 0.3) is 5.56 Å². The summed E-state index contributed by atoms with van der Waals surface area (Å²) < 4.78 is 9.19. The van der Waals surface area contributed by atoms with Crippen molar-refractivity contribution in [2.45, 2.75) is 39.7 Å². The maximum Gasteiger partial charge on any atom is 0.282 e. The molecule has 4 rings (SSSR count). The summed E-state index contributed by atoms with van der Waals surface area (Å²) in [6.45, 7) is 8.53. The van der Waals surface area contributed by atoms with Crippen LogP contribution in [-0.4, -0.2) is 15.9 Å². The second kappa shape index (κ2) is 9.84. The summed E-state index contributed by atoms with van der Waals surface area (Å²) >= 11 is 6.97. The van der Waals surface area contributed by atoms with Gasteiger partial charge < -0.3 is 4.74 Å². The van der Waals surface area contributed by atoms with Gasteiger partial charge in [0, 0.05) is 19.9 Å². The monoisotopic (exact) mass is 581 g/mol. The number of rotatable bonds is 5. The van der Waals surface area contributed by atoms with Crippen molar-refractivity contribution in [2.75, 3.05) is 0 Å². The van der Waals surface area contributed by atoms with Crippen LogP contribution in [0.3, 0.4) is 0 Å². The minimum absolute atomic E-state index is 0.218. The standard InChI is InChI=1S/C27H25Br2N3O2/c1-17-5-7-18(8-6-17)16-34-24-12-10-20(28)13-19(24)15-30-32-25(33)22-14-21(29)9-11-23(22)31-26(32)27(2,3)4/h5-15H,16H2,1-4H3. The fourth-order valence-corrected chi connectivity index (χ4v) is 4.20. The highest BCUT2D eigenvalue weighted by Crippen LogP contribution is 2.25. The summed E-state index contributed by atoms with van der Waals surface area (Å²) in [5.41, 5.74) is 3.07. The van der Waals surface area contributed by atoms with Crippen molar-refractivity contribution in [3.05, 3.63) is 102 Å². The van der Waals surface area contributed by atoms with Crippen molar-refractivity contribution >= 4 is 49.0 Å². The molecule has 0 saturated carbocycles. The third-order valence-corrected chi connectivity index (χ3v) is 6.26. The first-order valence-electron chi connectivity index (χ1n) is 10.9. The van der Waals surface area contributed by atoms with E-state index in [2.05, 4.69) is 68.2 Å². The molecule has 0 bridgehead atoms. The van der Waals surface area contributed by atoms with Gasteiger partial charge in [-0.25, -0.2) is 4.98 Å². The zero-order valence-electron chi connectivity index (χ0n) is 19.5. The van der Waals surface area contributed by atoms with Crippen molar-refractivity contribution in [1.82, 2.24) is 9.66 Å². The zero-order valence-corrected chi connectivity index (χ0v) is 22.6. The highest BCUT2D eigenvalue weighted by Gasteiger charge is 2.23. The molecule has 174 valence electrons. The van der Waals surface area contributed by atoms with Crippen LogP contribution in [0.2, 0.25) is 0 Å². The van der Waals surface area contributed by atoms with Gasteiger partial charge in [0.1, 0.15) is 18.2 Å². The summed E-state index contributed by atoms with van der Waals surface area (Å²) in [5, 5.41) is 5.10. The first-order valence-corrected chi connectivity index (χ1v) is 12.5. The van der Waals surface area contributed by atoms with Crippen LogP contribution in [0.5, 0.6) is 5.75 Å². The first-order chi connectivity index (χ1) is 16.1. The van der Waals surface area contributed by atoms with Crippen LogP contribution >= 0.6 is 31.9 Å². The molecule has 0 amide bonds. The lowest BCUT2D eigenvalue weighted by Crippen LogP contribution is -2.29. The highest BCUT2D eigenvalue weighted by atomic mass is 79.9. The lowest BCUT2D eigenvalue weighted by Gasteiger charge is -2.21. The summed E-state index contributed by atoms with van der Waals surface area (Å²) in [6, 6.07) is 19.5. The van der Waals surface area contributed by atoms with E-state index in [0.717, 1.165) is 20.1 Å². The van der Waals surface area contributed by atoms with Crippen molar-refractivity contribution in [2.24, 2.45) is 5.10 Å². The number of ether oxygens (including phenoxy) is 1. The topological polar surface area (TPSA) is 56.5 Å². The van der Waals surface area contributed by atoms with E-state index in [4.69, 9.17) is 9.72 Å². The van der Waals surface area contributed by atoms with Crippen LogP contribution in [0.1, 0.15) is 43.3 Å². The molecule has 0 aliphatic rings. The zero-order chi connectivity index (χ0) is 24.5. The number of hydrogen-bond acceptors (Lipinski definition) is 4. The fraction of sp³-hybridized carbons (Fsp3) is 0.222. The minimum Gasteiger partial charge on any atom is -0.488 e. The van der Waals surface area contributed by atoms with Gasteiger partial charge in [-0.3, -0.25) is 4.79 Å². The normalized spacial score (nSPS) is 11.9. The number of nitrogens with zero attached hydrogens (tertiary/aromatic N) is 3. The maximum absolute atomic E-state index is 13.4. The molecule has 0 unspecified atom stereocenters. The van der Waals surface area contributed by atoms with Crippen LogP contribution in [0.15, 0.2) is 79.5 Å². The second-order valence-corrected chi connectivity index (χ2v) is 11.0. The smallest absolute Gasteiger partial charge is 0.282 e. The van der Waals surface area contributed by atoms with Crippen molar-refractivity contribution in [3.63, 3.8) is 0 Å². The second-order valence-electron chi connectivity index (χ2n) is 9.16. The van der Waals surface area contributed by atoms with Crippen LogP contribution in [0.4, 0.5) is 0 Å². The molecule has 1 heterocycles. The molecule has 4 aromatic rings. The predicted octanol–water partition coefficient (Wildman–Crippen LogP) is 6.99. The largest absolute Gasteiger partial charge is 0.488 e. The fourth-order valence-electron chi connectivity index (χ4n) is 3.46. The number of aromatic nitrogens is 2. The predicted molar refractivity (Wildman–Crippen MR) is 145 cm³/mol. The molecule has 0 saturated heterocycles. The molecule has 0 spiro atoms. The molecule has 1 aromatic heterocycles. The summed E-state index contributed by atoms with van der Waals surface area (Å²) in [4.78, 5) is 18.2. The van der Waals surface area contributed by atoms with Gasteiger partial charge >= 0.3 is 0 Å². The molecule has 0 aliphatic carbocycles. The van der Waals surface area contributed by atoms with E-state index in [-0.39, 0.29) is 11.0 Å². The Morgan fingerprint density at radius 3 is 2.38 bits per heavy atom. The number of hydrogen-bond donors (Lipinski definition) is 0. The molecule has 5 nitrogen and oxygen atoms in total. The van der Waals surface area contributed by atoms with E-state index in [1.54, 1.807) is 12.3 Å². The van der Waals surface area contributed by atoms with Gasteiger partial charge in [0.05, 0.1) is 17.1 Å². The molecular weight excluding hydrogens is 558 g/mol. The van der Waals surface area contributed by atoms with E-state index >= 15 is 0 Å². The quantitative estimate of drug-likeness (QED) is 0.238. The maximum atomic E-state index is 13.4. The van der Waals surface area contributed by atoms with Crippen LogP contribution < -0.4 is 10.3 Å². The van der Waals surface area contributed by atoms with Crippen molar-refractivity contribution < 1.29 is 4.74 Å². The number of halogens is 2. The Morgan fingerprint density at radius 2 is 1.68 bits per heavy atom. The average Bonchev–Trinajstić information content (AvgIpc) is 2.78. The van der Waals surface area contributed by atoms with Gasteiger partial charge in [-0.15, -0.1) is 0 Å². The third-order valence-electron chi connectivity index (χ3n) is 5.28. The first kappa shape index (κ1) is 24.4. The third kappa shape index (κ3) is 5.47. The average molecular weight is 583 g/mol. The van der Waals surface area contributed by atoms with Gasteiger partial charge in [-0.2, -0.15) is 9.78 Å². The van der Waals surface area contributed by atoms with Crippen molar-refractivity contribution in [1.29, 1.82) is 0 Å². The lowest BCUT2D eigenvalue weighted by atomic mass is 9.95. The Hall–Kier alpha value is -2.77. The Morgan fingerprint density at radius 1 is 1.00 bits per heavy atom. The van der Waals surface area contributed by atoms with E-state index < -0.39 is 0 Å². The van der Waals surface area contributed by atoms with Crippen molar-refractivity contribution in [3.8, 4) is 5.75 Å². The van der Waals surface area contributed by atoms with E-state index in [1.165, 1.54) is 10.2 Å². The van der Waals surface area contributed by atoms with E-state index in [9.17, 15) is 4.79 Å². The lowest BCUT2D eigenvalue weighted by molar-refractivity contribution is 0.305. The van der Waals surface area contributed by atoms with Gasteiger partial charge in [-0.05, 0) is 48.9 Å². The van der Waals surface area contributed by atoms with Crippen LogP contribution in [-0.2, 0) is 12.0 Å². The number of fused-ring (bicyclic) bond motifs is 1. The summed E-state index contributed by atoms with van der Waals surface area (Å²) in [5.74, 6) is 1.26. The molecule has 34 heavy (non-hydrogen) atoms. The molecule has 0 fully saturated rings. The molecule has 3 aromatic carbocycles. The minimum atomic E-state index is -0.389. The molecule has 0 atom stereocenters. The molecule has 7 heteroatoms. The van der Waals surface area contributed by atoms with Gasteiger partial charge in [-0.1, -0.05) is 82.5 Å².